The van der Waals surface area contributed by atoms with Crippen molar-refractivity contribution in [2.24, 2.45) is 5.92 Å². The maximum absolute atomic E-state index is 11.9. The van der Waals surface area contributed by atoms with Crippen molar-refractivity contribution in [1.82, 2.24) is 15.5 Å². The van der Waals surface area contributed by atoms with E-state index in [0.29, 0.717) is 22.6 Å². The van der Waals surface area contributed by atoms with Crippen molar-refractivity contribution < 1.29 is 9.53 Å². The Morgan fingerprint density at radius 2 is 2.39 bits per heavy atom. The predicted octanol–water partition coefficient (Wildman–Crippen LogP) is 1.12. The lowest BCUT2D eigenvalue weighted by molar-refractivity contribution is 0.0826. The largest absolute Gasteiger partial charge is 0.378 e. The number of amides is 1. The molecule has 0 bridgehead atoms. The van der Waals surface area contributed by atoms with Gasteiger partial charge in [0.05, 0.1) is 6.10 Å². The Labute approximate surface area is 110 Å². The van der Waals surface area contributed by atoms with Gasteiger partial charge in [0.25, 0.3) is 5.91 Å². The van der Waals surface area contributed by atoms with Crippen LogP contribution in [0.1, 0.15) is 29.6 Å². The molecule has 1 saturated heterocycles. The SMILES string of the molecule is CCC1OCCC1CNC(=O)c1nnc(NC)s1. The Kier molecular flexibility index (Phi) is 4.48. The van der Waals surface area contributed by atoms with E-state index in [-0.39, 0.29) is 12.0 Å². The molecule has 1 aromatic heterocycles. The van der Waals surface area contributed by atoms with E-state index in [0.717, 1.165) is 19.4 Å². The van der Waals surface area contributed by atoms with Gasteiger partial charge >= 0.3 is 0 Å². The van der Waals surface area contributed by atoms with Crippen LogP contribution in [-0.2, 0) is 4.74 Å². The molecule has 2 heterocycles. The molecular weight excluding hydrogens is 252 g/mol. The van der Waals surface area contributed by atoms with Gasteiger partial charge in [0.15, 0.2) is 0 Å². The fraction of sp³-hybridized carbons (Fsp3) is 0.727. The van der Waals surface area contributed by atoms with Crippen LogP contribution in [0, 0.1) is 5.92 Å². The molecule has 6 nitrogen and oxygen atoms in total. The Balaban J connectivity index is 1.84. The van der Waals surface area contributed by atoms with Gasteiger partial charge in [-0.3, -0.25) is 4.79 Å². The fourth-order valence-electron chi connectivity index (χ4n) is 2.09. The van der Waals surface area contributed by atoms with E-state index >= 15 is 0 Å². The average Bonchev–Trinajstić information content (AvgIpc) is 3.04. The molecule has 0 radical (unpaired) electrons. The summed E-state index contributed by atoms with van der Waals surface area (Å²) in [5.41, 5.74) is 0. The number of carbonyl (C=O) groups excluding carboxylic acids is 1. The summed E-state index contributed by atoms with van der Waals surface area (Å²) in [5, 5.41) is 14.5. The van der Waals surface area contributed by atoms with E-state index < -0.39 is 0 Å². The quantitative estimate of drug-likeness (QED) is 0.838. The van der Waals surface area contributed by atoms with E-state index in [1.807, 2.05) is 0 Å². The normalized spacial score (nSPS) is 23.0. The first kappa shape index (κ1) is 13.2. The molecule has 100 valence electrons. The van der Waals surface area contributed by atoms with Crippen LogP contribution in [0.4, 0.5) is 5.13 Å². The highest BCUT2D eigenvalue weighted by Crippen LogP contribution is 2.22. The van der Waals surface area contributed by atoms with Crippen LogP contribution in [0.25, 0.3) is 0 Å². The molecule has 7 heteroatoms. The van der Waals surface area contributed by atoms with Gasteiger partial charge in [-0.1, -0.05) is 18.3 Å². The molecular formula is C11H18N4O2S. The van der Waals surface area contributed by atoms with E-state index in [2.05, 4.69) is 27.8 Å². The lowest BCUT2D eigenvalue weighted by Crippen LogP contribution is -2.32. The number of hydrogen-bond donors (Lipinski definition) is 2. The van der Waals surface area contributed by atoms with Crippen LogP contribution in [-0.4, -0.2) is 42.4 Å². The van der Waals surface area contributed by atoms with E-state index in [4.69, 9.17) is 4.74 Å². The zero-order valence-corrected chi connectivity index (χ0v) is 11.4. The molecule has 1 aromatic rings. The van der Waals surface area contributed by atoms with Crippen molar-refractivity contribution in [2.45, 2.75) is 25.9 Å². The zero-order valence-electron chi connectivity index (χ0n) is 10.6. The Morgan fingerprint density at radius 1 is 1.56 bits per heavy atom. The number of hydrogen-bond acceptors (Lipinski definition) is 6. The summed E-state index contributed by atoms with van der Waals surface area (Å²) in [7, 11) is 1.75. The van der Waals surface area contributed by atoms with Crippen LogP contribution in [0.5, 0.6) is 0 Å². The van der Waals surface area contributed by atoms with Crippen LogP contribution in [0.2, 0.25) is 0 Å². The summed E-state index contributed by atoms with van der Waals surface area (Å²) in [4.78, 5) is 11.9. The zero-order chi connectivity index (χ0) is 13.0. The van der Waals surface area contributed by atoms with Crippen molar-refractivity contribution in [3.8, 4) is 0 Å². The molecule has 0 aromatic carbocycles. The molecule has 1 aliphatic heterocycles. The summed E-state index contributed by atoms with van der Waals surface area (Å²) in [6, 6.07) is 0. The van der Waals surface area contributed by atoms with Crippen LogP contribution in [0.3, 0.4) is 0 Å². The minimum absolute atomic E-state index is 0.157. The summed E-state index contributed by atoms with van der Waals surface area (Å²) in [6.07, 6.45) is 2.27. The second kappa shape index (κ2) is 6.10. The monoisotopic (exact) mass is 270 g/mol. The number of nitrogens with one attached hydrogen (secondary N) is 2. The smallest absolute Gasteiger partial charge is 0.282 e. The lowest BCUT2D eigenvalue weighted by Gasteiger charge is -2.16. The summed E-state index contributed by atoms with van der Waals surface area (Å²) < 4.78 is 5.59. The van der Waals surface area contributed by atoms with Crippen molar-refractivity contribution in [2.75, 3.05) is 25.5 Å². The predicted molar refractivity (Wildman–Crippen MR) is 69.9 cm³/mol. The van der Waals surface area contributed by atoms with E-state index in [9.17, 15) is 4.79 Å². The van der Waals surface area contributed by atoms with Crippen molar-refractivity contribution in [3.63, 3.8) is 0 Å². The van der Waals surface area contributed by atoms with Gasteiger partial charge in [0, 0.05) is 26.1 Å². The first-order valence-corrected chi connectivity index (χ1v) is 6.97. The fourth-order valence-corrected chi connectivity index (χ4v) is 2.71. The molecule has 0 spiro atoms. The van der Waals surface area contributed by atoms with Crippen LogP contribution < -0.4 is 10.6 Å². The highest BCUT2D eigenvalue weighted by molar-refractivity contribution is 7.17. The van der Waals surface area contributed by atoms with E-state index in [1.165, 1.54) is 11.3 Å². The third-order valence-corrected chi connectivity index (χ3v) is 4.05. The highest BCUT2D eigenvalue weighted by atomic mass is 32.1. The van der Waals surface area contributed by atoms with Crippen molar-refractivity contribution >= 4 is 22.4 Å². The van der Waals surface area contributed by atoms with Crippen LogP contribution in [0.15, 0.2) is 0 Å². The van der Waals surface area contributed by atoms with Crippen molar-refractivity contribution in [3.05, 3.63) is 5.01 Å². The second-order valence-electron chi connectivity index (χ2n) is 4.24. The minimum atomic E-state index is -0.157. The number of anilines is 1. The molecule has 2 rings (SSSR count). The van der Waals surface area contributed by atoms with Gasteiger partial charge < -0.3 is 15.4 Å². The van der Waals surface area contributed by atoms with Gasteiger partial charge in [0.2, 0.25) is 10.1 Å². The van der Waals surface area contributed by atoms with E-state index in [1.54, 1.807) is 7.05 Å². The molecule has 2 atom stereocenters. The Bertz CT molecular complexity index is 410. The number of carbonyl (C=O) groups is 1. The topological polar surface area (TPSA) is 76.1 Å². The maximum atomic E-state index is 11.9. The molecule has 18 heavy (non-hydrogen) atoms. The first-order chi connectivity index (χ1) is 8.74. The molecule has 2 N–H and O–H groups in total. The van der Waals surface area contributed by atoms with Gasteiger partial charge in [-0.25, -0.2) is 0 Å². The second-order valence-corrected chi connectivity index (χ2v) is 5.22. The third-order valence-electron chi connectivity index (χ3n) is 3.11. The van der Waals surface area contributed by atoms with Gasteiger partial charge in [0.1, 0.15) is 0 Å². The molecule has 1 amide bonds. The summed E-state index contributed by atoms with van der Waals surface area (Å²) in [5.74, 6) is 0.256. The number of nitrogens with zero attached hydrogens (tertiary/aromatic N) is 2. The molecule has 0 saturated carbocycles. The Morgan fingerprint density at radius 3 is 3.06 bits per heavy atom. The standard InChI is InChI=1S/C11H18N4O2S/c1-3-8-7(4-5-17-8)6-13-9(16)10-14-15-11(12-2)18-10/h7-8H,3-6H2,1-2H3,(H,12,15)(H,13,16). The Hall–Kier alpha value is -1.21. The first-order valence-electron chi connectivity index (χ1n) is 6.15. The van der Waals surface area contributed by atoms with Crippen molar-refractivity contribution in [1.29, 1.82) is 0 Å². The maximum Gasteiger partial charge on any atom is 0.282 e. The molecule has 1 aliphatic rings. The molecule has 2 unspecified atom stereocenters. The average molecular weight is 270 g/mol. The molecule has 1 fully saturated rings. The minimum Gasteiger partial charge on any atom is -0.378 e. The third kappa shape index (κ3) is 2.97. The van der Waals surface area contributed by atoms with Crippen LogP contribution >= 0.6 is 11.3 Å². The van der Waals surface area contributed by atoms with Gasteiger partial charge in [-0.05, 0) is 12.8 Å². The summed E-state index contributed by atoms with van der Waals surface area (Å²) >= 11 is 1.25. The van der Waals surface area contributed by atoms with Gasteiger partial charge in [-0.15, -0.1) is 10.2 Å². The highest BCUT2D eigenvalue weighted by Gasteiger charge is 2.27. The number of aromatic nitrogens is 2. The number of rotatable bonds is 5. The van der Waals surface area contributed by atoms with Gasteiger partial charge in [-0.2, -0.15) is 0 Å². The summed E-state index contributed by atoms with van der Waals surface area (Å²) in [6.45, 7) is 3.54. The lowest BCUT2D eigenvalue weighted by atomic mass is 10.00. The molecule has 0 aliphatic carbocycles. The number of ether oxygens (including phenoxy) is 1.